The fraction of sp³-hybridized carbons (Fsp3) is 0.174. The first-order valence-electron chi connectivity index (χ1n) is 9.55. The van der Waals surface area contributed by atoms with Crippen molar-refractivity contribution in [1.82, 2.24) is 20.0 Å². The van der Waals surface area contributed by atoms with Gasteiger partial charge in [-0.3, -0.25) is 0 Å². The summed E-state index contributed by atoms with van der Waals surface area (Å²) in [6, 6.07) is 18.4. The average Bonchev–Trinajstić information content (AvgIpc) is 3.23. The van der Waals surface area contributed by atoms with Gasteiger partial charge in [0, 0.05) is 30.1 Å². The van der Waals surface area contributed by atoms with Crippen molar-refractivity contribution in [3.05, 3.63) is 83.7 Å². The average molecular weight is 402 g/mol. The first kappa shape index (κ1) is 19.4. The summed E-state index contributed by atoms with van der Waals surface area (Å²) in [4.78, 5) is 26.6. The van der Waals surface area contributed by atoms with Gasteiger partial charge < -0.3 is 15.0 Å². The van der Waals surface area contributed by atoms with Crippen LogP contribution in [0.15, 0.2) is 78.1 Å². The summed E-state index contributed by atoms with van der Waals surface area (Å²) < 4.78 is 6.79. The Morgan fingerprint density at radius 1 is 1.07 bits per heavy atom. The Morgan fingerprint density at radius 2 is 1.70 bits per heavy atom. The molecule has 3 aromatic rings. The van der Waals surface area contributed by atoms with Crippen molar-refractivity contribution in [1.29, 1.82) is 0 Å². The fourth-order valence-corrected chi connectivity index (χ4v) is 3.58. The van der Waals surface area contributed by atoms with Crippen molar-refractivity contribution in [2.45, 2.75) is 13.0 Å². The van der Waals surface area contributed by atoms with Gasteiger partial charge in [-0.15, -0.1) is 0 Å². The summed E-state index contributed by atoms with van der Waals surface area (Å²) in [6.45, 7) is 1.74. The van der Waals surface area contributed by atoms with Crippen LogP contribution >= 0.6 is 0 Å². The maximum absolute atomic E-state index is 12.7. The van der Waals surface area contributed by atoms with E-state index in [-0.39, 0.29) is 6.03 Å². The molecular weight excluding hydrogens is 380 g/mol. The molecule has 2 aromatic carbocycles. The molecule has 1 aromatic heterocycles. The fourth-order valence-electron chi connectivity index (χ4n) is 3.58. The molecule has 0 fully saturated rings. The second kappa shape index (κ2) is 7.87. The third kappa shape index (κ3) is 3.34. The van der Waals surface area contributed by atoms with Gasteiger partial charge in [-0.25, -0.2) is 14.3 Å². The number of allylic oxidation sites excluding steroid dienone is 1. The lowest BCUT2D eigenvalue weighted by atomic mass is 9.93. The molecule has 0 saturated heterocycles. The SMILES string of the molecule is COC(=O)C1=C(C)N(C)C(=O)NC1c1cn(-c2ccccc2)nc1-c1ccccc1. The van der Waals surface area contributed by atoms with E-state index in [1.165, 1.54) is 12.0 Å². The molecule has 0 bridgehead atoms. The molecule has 2 heterocycles. The van der Waals surface area contributed by atoms with E-state index in [1.807, 2.05) is 66.9 Å². The number of carbonyl (C=O) groups excluding carboxylic acids is 2. The van der Waals surface area contributed by atoms with E-state index in [2.05, 4.69) is 5.32 Å². The van der Waals surface area contributed by atoms with Gasteiger partial charge in [0.25, 0.3) is 0 Å². The van der Waals surface area contributed by atoms with E-state index in [9.17, 15) is 9.59 Å². The lowest BCUT2D eigenvalue weighted by molar-refractivity contribution is -0.136. The van der Waals surface area contributed by atoms with Gasteiger partial charge in [0.1, 0.15) is 0 Å². The minimum atomic E-state index is -0.686. The lowest BCUT2D eigenvalue weighted by Gasteiger charge is -2.32. The number of carbonyl (C=O) groups is 2. The number of nitrogens with one attached hydrogen (secondary N) is 1. The van der Waals surface area contributed by atoms with Crippen molar-refractivity contribution in [2.24, 2.45) is 0 Å². The summed E-state index contributed by atoms with van der Waals surface area (Å²) in [7, 11) is 2.96. The molecule has 7 nitrogen and oxygen atoms in total. The van der Waals surface area contributed by atoms with E-state index in [0.29, 0.717) is 22.5 Å². The van der Waals surface area contributed by atoms with Gasteiger partial charge in [0.15, 0.2) is 0 Å². The molecule has 0 aliphatic carbocycles. The van der Waals surface area contributed by atoms with Crippen LogP contribution in [0.1, 0.15) is 18.5 Å². The number of nitrogens with zero attached hydrogens (tertiary/aromatic N) is 3. The molecule has 2 amide bonds. The molecule has 0 radical (unpaired) electrons. The van der Waals surface area contributed by atoms with Gasteiger partial charge in [-0.1, -0.05) is 48.5 Å². The summed E-state index contributed by atoms with van der Waals surface area (Å²) in [5.41, 5.74) is 4.08. The number of aromatic nitrogens is 2. The van der Waals surface area contributed by atoms with Crippen molar-refractivity contribution in [3.8, 4) is 16.9 Å². The number of methoxy groups -OCH3 is 1. The van der Waals surface area contributed by atoms with Gasteiger partial charge in [0.2, 0.25) is 0 Å². The number of hydrogen-bond acceptors (Lipinski definition) is 4. The number of urea groups is 1. The Kier molecular flexibility index (Phi) is 5.10. The van der Waals surface area contributed by atoms with Gasteiger partial charge in [-0.2, -0.15) is 5.10 Å². The van der Waals surface area contributed by atoms with E-state index >= 15 is 0 Å². The highest BCUT2D eigenvalue weighted by Crippen LogP contribution is 2.36. The Hall–Kier alpha value is -3.87. The van der Waals surface area contributed by atoms with E-state index < -0.39 is 12.0 Å². The molecule has 30 heavy (non-hydrogen) atoms. The third-order valence-corrected chi connectivity index (χ3v) is 5.28. The highest BCUT2D eigenvalue weighted by molar-refractivity contribution is 5.95. The number of esters is 1. The molecule has 1 aliphatic heterocycles. The zero-order valence-corrected chi connectivity index (χ0v) is 17.0. The lowest BCUT2D eigenvalue weighted by Crippen LogP contribution is -2.46. The zero-order valence-electron chi connectivity index (χ0n) is 17.0. The van der Waals surface area contributed by atoms with Crippen LogP contribution in [0.2, 0.25) is 0 Å². The standard InChI is InChI=1S/C23H22N4O3/c1-15-19(22(28)30-3)21(24-23(29)26(15)2)18-14-27(17-12-8-5-9-13-17)25-20(18)16-10-6-4-7-11-16/h4-14,21H,1-3H3,(H,24,29). The molecule has 1 unspecified atom stereocenters. The van der Waals surface area contributed by atoms with Crippen LogP contribution in [0.5, 0.6) is 0 Å². The largest absolute Gasteiger partial charge is 0.466 e. The van der Waals surface area contributed by atoms with Crippen molar-refractivity contribution in [3.63, 3.8) is 0 Å². The normalized spacial score (nSPS) is 16.4. The third-order valence-electron chi connectivity index (χ3n) is 5.28. The van der Waals surface area contributed by atoms with E-state index in [4.69, 9.17) is 9.84 Å². The first-order chi connectivity index (χ1) is 14.5. The van der Waals surface area contributed by atoms with E-state index in [1.54, 1.807) is 18.7 Å². The van der Waals surface area contributed by atoms with Crippen molar-refractivity contribution >= 4 is 12.0 Å². The van der Waals surface area contributed by atoms with Gasteiger partial charge >= 0.3 is 12.0 Å². The van der Waals surface area contributed by atoms with Crippen LogP contribution in [0.4, 0.5) is 4.79 Å². The highest BCUT2D eigenvalue weighted by atomic mass is 16.5. The van der Waals surface area contributed by atoms with Crippen LogP contribution in [0.3, 0.4) is 0 Å². The number of rotatable bonds is 4. The molecule has 4 rings (SSSR count). The second-order valence-corrected chi connectivity index (χ2v) is 7.01. The number of para-hydroxylation sites is 1. The summed E-state index contributed by atoms with van der Waals surface area (Å²) >= 11 is 0. The Labute approximate surface area is 174 Å². The molecular formula is C23H22N4O3. The topological polar surface area (TPSA) is 76.5 Å². The molecule has 0 spiro atoms. The Morgan fingerprint density at radius 3 is 2.33 bits per heavy atom. The maximum Gasteiger partial charge on any atom is 0.337 e. The quantitative estimate of drug-likeness (QED) is 0.676. The molecule has 1 aliphatic rings. The van der Waals surface area contributed by atoms with Gasteiger partial charge in [0.05, 0.1) is 30.1 Å². The first-order valence-corrected chi connectivity index (χ1v) is 9.55. The van der Waals surface area contributed by atoms with Crippen LogP contribution in [0.25, 0.3) is 16.9 Å². The minimum absolute atomic E-state index is 0.295. The number of benzene rings is 2. The Balaban J connectivity index is 1.93. The smallest absolute Gasteiger partial charge is 0.337 e. The number of hydrogen-bond donors (Lipinski definition) is 1. The number of amides is 2. The van der Waals surface area contributed by atoms with Crippen LogP contribution in [-0.2, 0) is 9.53 Å². The van der Waals surface area contributed by atoms with E-state index in [0.717, 1.165) is 11.3 Å². The monoisotopic (exact) mass is 402 g/mol. The second-order valence-electron chi connectivity index (χ2n) is 7.01. The zero-order chi connectivity index (χ0) is 21.3. The minimum Gasteiger partial charge on any atom is -0.466 e. The van der Waals surface area contributed by atoms with Crippen molar-refractivity contribution in [2.75, 3.05) is 14.2 Å². The van der Waals surface area contributed by atoms with Crippen LogP contribution in [-0.4, -0.2) is 40.8 Å². The molecule has 7 heteroatoms. The molecule has 152 valence electrons. The number of ether oxygens (including phenoxy) is 1. The summed E-state index contributed by atoms with van der Waals surface area (Å²) in [5.74, 6) is -0.490. The van der Waals surface area contributed by atoms with Crippen LogP contribution < -0.4 is 5.32 Å². The summed E-state index contributed by atoms with van der Waals surface area (Å²) in [6.07, 6.45) is 1.85. The summed E-state index contributed by atoms with van der Waals surface area (Å²) in [5, 5.41) is 7.72. The molecule has 1 atom stereocenters. The highest BCUT2D eigenvalue weighted by Gasteiger charge is 2.37. The van der Waals surface area contributed by atoms with Gasteiger partial charge in [-0.05, 0) is 19.1 Å². The van der Waals surface area contributed by atoms with Crippen LogP contribution in [0, 0.1) is 0 Å². The predicted molar refractivity (Wildman–Crippen MR) is 113 cm³/mol. The Bertz CT molecular complexity index is 1120. The van der Waals surface area contributed by atoms with Crippen molar-refractivity contribution < 1.29 is 14.3 Å². The predicted octanol–water partition coefficient (Wildman–Crippen LogP) is 3.68. The molecule has 1 N–H and O–H groups in total. The maximum atomic E-state index is 12.7. The molecule has 0 saturated carbocycles.